The van der Waals surface area contributed by atoms with Crippen molar-refractivity contribution in [1.82, 2.24) is 19.7 Å². The maximum atomic E-state index is 13.0. The molecule has 0 aliphatic carbocycles. The zero-order valence-electron chi connectivity index (χ0n) is 23.2. The molecule has 1 amide bonds. The van der Waals surface area contributed by atoms with Gasteiger partial charge in [0.25, 0.3) is 0 Å². The predicted molar refractivity (Wildman–Crippen MR) is 153 cm³/mol. The fraction of sp³-hybridized carbons (Fsp3) is 0.323. The summed E-state index contributed by atoms with van der Waals surface area (Å²) in [4.78, 5) is 19.3. The number of alkyl halides is 3. The molecule has 2 aromatic heterocycles. The van der Waals surface area contributed by atoms with Gasteiger partial charge in [-0.05, 0) is 48.7 Å². The summed E-state index contributed by atoms with van der Waals surface area (Å²) in [6.45, 7) is 6.95. The lowest BCUT2D eigenvalue weighted by atomic mass is 10.1. The number of pyridine rings is 1. The van der Waals surface area contributed by atoms with E-state index in [9.17, 15) is 18.0 Å². The molecule has 0 radical (unpaired) electrons. The van der Waals surface area contributed by atoms with Crippen LogP contribution in [0.3, 0.4) is 0 Å². The summed E-state index contributed by atoms with van der Waals surface area (Å²) in [5, 5.41) is 7.29. The lowest BCUT2D eigenvalue weighted by Gasteiger charge is -2.26. The van der Waals surface area contributed by atoms with Crippen molar-refractivity contribution in [2.45, 2.75) is 25.9 Å². The zero-order valence-corrected chi connectivity index (χ0v) is 23.2. The average Bonchev–Trinajstić information content (AvgIpc) is 3.47. The molecule has 8 nitrogen and oxygen atoms in total. The van der Waals surface area contributed by atoms with Crippen LogP contribution in [0.4, 0.5) is 18.9 Å². The van der Waals surface area contributed by atoms with Crippen LogP contribution in [0.25, 0.3) is 16.8 Å². The second-order valence-electron chi connectivity index (χ2n) is 10.2. The van der Waals surface area contributed by atoms with Crippen molar-refractivity contribution in [3.8, 4) is 22.6 Å². The number of nitrogens with zero attached hydrogens (tertiary/aromatic N) is 4. The minimum absolute atomic E-state index is 0.183. The van der Waals surface area contributed by atoms with Gasteiger partial charge in [-0.2, -0.15) is 18.3 Å². The number of hydrogen-bond acceptors (Lipinski definition) is 6. The van der Waals surface area contributed by atoms with Crippen molar-refractivity contribution >= 4 is 11.6 Å². The maximum Gasteiger partial charge on any atom is 0.416 e. The number of carbonyl (C=O) groups excluding carboxylic acids is 1. The first-order valence-electron chi connectivity index (χ1n) is 13.7. The van der Waals surface area contributed by atoms with Crippen LogP contribution in [0.1, 0.15) is 23.1 Å². The zero-order chi connectivity index (χ0) is 29.5. The highest BCUT2D eigenvalue weighted by molar-refractivity contribution is 5.92. The van der Waals surface area contributed by atoms with Crippen LogP contribution in [0.2, 0.25) is 0 Å². The van der Waals surface area contributed by atoms with Crippen LogP contribution in [0.5, 0.6) is 5.75 Å². The second-order valence-corrected chi connectivity index (χ2v) is 10.2. The van der Waals surface area contributed by atoms with E-state index in [1.54, 1.807) is 35.4 Å². The third kappa shape index (κ3) is 7.74. The predicted octanol–water partition coefficient (Wildman–Crippen LogP) is 5.54. The fourth-order valence-electron chi connectivity index (χ4n) is 4.74. The molecule has 3 heterocycles. The number of ether oxygens (including phenoxy) is 2. The highest BCUT2D eigenvalue weighted by atomic mass is 19.4. The summed E-state index contributed by atoms with van der Waals surface area (Å²) in [6.07, 6.45) is 3.31. The number of benzene rings is 2. The van der Waals surface area contributed by atoms with E-state index < -0.39 is 17.6 Å². The number of anilines is 1. The van der Waals surface area contributed by atoms with Gasteiger partial charge in [0.15, 0.2) is 0 Å². The summed E-state index contributed by atoms with van der Waals surface area (Å²) in [6, 6.07) is 12.1. The second kappa shape index (κ2) is 13.2. The van der Waals surface area contributed by atoms with Crippen LogP contribution in [-0.2, 0) is 22.1 Å². The van der Waals surface area contributed by atoms with Crippen LogP contribution in [0, 0.1) is 6.92 Å². The molecule has 4 aromatic rings. The Kier molecular flexibility index (Phi) is 9.19. The monoisotopic (exact) mass is 579 g/mol. The first kappa shape index (κ1) is 29.3. The van der Waals surface area contributed by atoms with E-state index in [4.69, 9.17) is 9.47 Å². The molecule has 1 aliphatic rings. The van der Waals surface area contributed by atoms with Gasteiger partial charge in [-0.15, -0.1) is 0 Å². The topological polar surface area (TPSA) is 81.5 Å². The molecule has 5 rings (SSSR count). The summed E-state index contributed by atoms with van der Waals surface area (Å²) in [5.74, 6) is 0.266. The summed E-state index contributed by atoms with van der Waals surface area (Å²) in [5.41, 5.74) is 3.39. The molecule has 0 saturated carbocycles. The summed E-state index contributed by atoms with van der Waals surface area (Å²) < 4.78 is 52.1. The first-order valence-corrected chi connectivity index (χ1v) is 13.7. The molecular weight excluding hydrogens is 547 g/mol. The SMILES string of the molecule is Cc1ccc(NC(=O)Cc2cccc(C(F)(F)F)c2)cc1-n1cc(-c2cncc(OCCCN3CCOCC3)c2)cn1. The van der Waals surface area contributed by atoms with Crippen LogP contribution in [0.15, 0.2) is 73.3 Å². The Morgan fingerprint density at radius 2 is 1.88 bits per heavy atom. The molecule has 1 fully saturated rings. The van der Waals surface area contributed by atoms with E-state index in [1.165, 1.54) is 12.1 Å². The number of amides is 1. The molecule has 220 valence electrons. The fourth-order valence-corrected chi connectivity index (χ4v) is 4.74. The lowest BCUT2D eigenvalue weighted by Crippen LogP contribution is -2.37. The lowest BCUT2D eigenvalue weighted by molar-refractivity contribution is -0.137. The molecule has 0 unspecified atom stereocenters. The first-order chi connectivity index (χ1) is 20.2. The quantitative estimate of drug-likeness (QED) is 0.249. The summed E-state index contributed by atoms with van der Waals surface area (Å²) >= 11 is 0. The van der Waals surface area contributed by atoms with Crippen molar-refractivity contribution in [2.75, 3.05) is 44.8 Å². The third-order valence-electron chi connectivity index (χ3n) is 6.98. The van der Waals surface area contributed by atoms with Gasteiger partial charge in [0.1, 0.15) is 5.75 Å². The Balaban J connectivity index is 1.21. The van der Waals surface area contributed by atoms with E-state index in [1.807, 2.05) is 25.3 Å². The highest BCUT2D eigenvalue weighted by Gasteiger charge is 2.30. The van der Waals surface area contributed by atoms with Gasteiger partial charge >= 0.3 is 6.18 Å². The number of aromatic nitrogens is 3. The van der Waals surface area contributed by atoms with Crippen molar-refractivity contribution in [2.24, 2.45) is 0 Å². The van der Waals surface area contributed by atoms with E-state index in [-0.39, 0.29) is 12.0 Å². The number of carbonyl (C=O) groups is 1. The number of aryl methyl sites for hydroxylation is 1. The Morgan fingerprint density at radius 1 is 1.05 bits per heavy atom. The highest BCUT2D eigenvalue weighted by Crippen LogP contribution is 2.30. The van der Waals surface area contributed by atoms with E-state index >= 15 is 0 Å². The van der Waals surface area contributed by atoms with E-state index in [0.29, 0.717) is 18.0 Å². The van der Waals surface area contributed by atoms with Crippen LogP contribution in [-0.4, -0.2) is 65.0 Å². The van der Waals surface area contributed by atoms with Gasteiger partial charge in [-0.1, -0.05) is 24.3 Å². The number of rotatable bonds is 10. The normalized spacial score (nSPS) is 14.1. The molecule has 2 aromatic carbocycles. The van der Waals surface area contributed by atoms with Crippen molar-refractivity contribution < 1.29 is 27.4 Å². The minimum atomic E-state index is -4.46. The standard InChI is InChI=1S/C31H32F3N5O3/c1-22-6-7-27(37-30(40)15-23-4-2-5-26(14-23)31(32,33)34)17-29(22)39-21-25(19-36-39)24-16-28(20-35-18-24)42-11-3-8-38-9-12-41-13-10-38/h2,4-7,14,16-21H,3,8-13,15H2,1H3,(H,37,40). The molecule has 1 saturated heterocycles. The largest absolute Gasteiger partial charge is 0.492 e. The van der Waals surface area contributed by atoms with Gasteiger partial charge in [0.05, 0.1) is 49.9 Å². The number of morpholine rings is 1. The van der Waals surface area contributed by atoms with Gasteiger partial charge in [0.2, 0.25) is 5.91 Å². The number of nitrogens with one attached hydrogen (secondary N) is 1. The van der Waals surface area contributed by atoms with Crippen molar-refractivity contribution in [1.29, 1.82) is 0 Å². The number of hydrogen-bond donors (Lipinski definition) is 1. The Bertz CT molecular complexity index is 1520. The number of halogens is 3. The summed E-state index contributed by atoms with van der Waals surface area (Å²) in [7, 11) is 0. The van der Waals surface area contributed by atoms with Gasteiger partial charge in [0, 0.05) is 48.8 Å². The van der Waals surface area contributed by atoms with E-state index in [0.717, 1.165) is 73.8 Å². The van der Waals surface area contributed by atoms with Crippen LogP contribution < -0.4 is 10.1 Å². The molecular formula is C31H32F3N5O3. The smallest absolute Gasteiger partial charge is 0.416 e. The van der Waals surface area contributed by atoms with Gasteiger partial charge < -0.3 is 14.8 Å². The van der Waals surface area contributed by atoms with Gasteiger partial charge in [-0.25, -0.2) is 4.68 Å². The van der Waals surface area contributed by atoms with Crippen LogP contribution >= 0.6 is 0 Å². The molecule has 1 N–H and O–H groups in total. The Labute approximate surface area is 242 Å². The van der Waals surface area contributed by atoms with E-state index in [2.05, 4.69) is 20.3 Å². The molecule has 42 heavy (non-hydrogen) atoms. The maximum absolute atomic E-state index is 13.0. The molecule has 0 bridgehead atoms. The molecule has 11 heteroatoms. The molecule has 0 spiro atoms. The third-order valence-corrected chi connectivity index (χ3v) is 6.98. The Hall–Kier alpha value is -4.22. The molecule has 1 aliphatic heterocycles. The van der Waals surface area contributed by atoms with Crippen molar-refractivity contribution in [3.05, 3.63) is 90.0 Å². The average molecular weight is 580 g/mol. The molecule has 0 atom stereocenters. The Morgan fingerprint density at radius 3 is 2.69 bits per heavy atom. The van der Waals surface area contributed by atoms with Gasteiger partial charge in [-0.3, -0.25) is 14.7 Å². The minimum Gasteiger partial charge on any atom is -0.492 e. The van der Waals surface area contributed by atoms with Crippen molar-refractivity contribution in [3.63, 3.8) is 0 Å².